The zero-order chi connectivity index (χ0) is 20.2. The van der Waals surface area contributed by atoms with E-state index in [4.69, 9.17) is 4.74 Å². The van der Waals surface area contributed by atoms with E-state index in [2.05, 4.69) is 20.2 Å². The van der Waals surface area contributed by atoms with Gasteiger partial charge in [-0.2, -0.15) is 0 Å². The fraction of sp³-hybridized carbons (Fsp3) is 0.438. The van der Waals surface area contributed by atoms with Crippen molar-refractivity contribution >= 4 is 44.2 Å². The van der Waals surface area contributed by atoms with Gasteiger partial charge in [-0.25, -0.2) is 8.42 Å². The van der Waals surface area contributed by atoms with E-state index in [1.54, 1.807) is 0 Å². The first kappa shape index (κ1) is 21.5. The molecule has 0 aliphatic carbocycles. The average Bonchev–Trinajstić information content (AvgIpc) is 2.98. The topological polar surface area (TPSA) is 110 Å². The smallest absolute Gasteiger partial charge is 0.263 e. The summed E-state index contributed by atoms with van der Waals surface area (Å²) in [7, 11) is -2.51. The van der Waals surface area contributed by atoms with Crippen molar-refractivity contribution in [3.05, 3.63) is 23.8 Å². The lowest BCUT2D eigenvalue weighted by molar-refractivity contribution is 0.0940. The molecule has 0 saturated heterocycles. The molecule has 8 nitrogen and oxygen atoms in total. The maximum absolute atomic E-state index is 12.7. The lowest BCUT2D eigenvalue weighted by atomic mass is 10.2. The molecule has 2 rings (SSSR count). The zero-order valence-corrected chi connectivity index (χ0v) is 18.1. The van der Waals surface area contributed by atoms with Crippen molar-refractivity contribution < 1.29 is 17.9 Å². The Labute approximate surface area is 167 Å². The minimum absolute atomic E-state index is 0.0644. The second kappa shape index (κ2) is 8.89. The fourth-order valence-electron chi connectivity index (χ4n) is 2.05. The number of sulfonamides is 1. The summed E-state index contributed by atoms with van der Waals surface area (Å²) in [6, 6.07) is 4.00. The van der Waals surface area contributed by atoms with Crippen molar-refractivity contribution in [3.63, 3.8) is 0 Å². The van der Waals surface area contributed by atoms with Crippen LogP contribution in [0.1, 0.15) is 38.1 Å². The van der Waals surface area contributed by atoms with E-state index in [0.717, 1.165) is 11.3 Å². The highest BCUT2D eigenvalue weighted by Gasteiger charge is 2.22. The predicted octanol–water partition coefficient (Wildman–Crippen LogP) is 2.99. The Balaban J connectivity index is 2.30. The van der Waals surface area contributed by atoms with Crippen LogP contribution in [0.2, 0.25) is 0 Å². The van der Waals surface area contributed by atoms with Crippen molar-refractivity contribution in [2.45, 2.75) is 48.2 Å². The monoisotopic (exact) mass is 430 g/mol. The molecule has 0 aliphatic rings. The number of anilines is 1. The van der Waals surface area contributed by atoms with Crippen molar-refractivity contribution in [3.8, 4) is 5.75 Å². The molecule has 11 heteroatoms. The lowest BCUT2D eigenvalue weighted by Gasteiger charge is -2.13. The van der Waals surface area contributed by atoms with Crippen LogP contribution in [0.4, 0.5) is 5.13 Å². The molecule has 1 amide bonds. The molecule has 0 aliphatic heterocycles. The minimum Gasteiger partial charge on any atom is -0.496 e. The Morgan fingerprint density at radius 1 is 1.22 bits per heavy atom. The second-order valence-corrected chi connectivity index (χ2v) is 10.6. The summed E-state index contributed by atoms with van der Waals surface area (Å²) >= 11 is 2.65. The van der Waals surface area contributed by atoms with Crippen LogP contribution in [0.5, 0.6) is 5.75 Å². The number of nitrogens with one attached hydrogen (secondary N) is 2. The Hall–Kier alpha value is -1.85. The van der Waals surface area contributed by atoms with Crippen LogP contribution in [0.15, 0.2) is 27.4 Å². The molecular formula is C16H22N4O4S3. The number of rotatable bonds is 8. The number of hydrogen-bond donors (Lipinski definition) is 2. The predicted molar refractivity (Wildman–Crippen MR) is 107 cm³/mol. The molecule has 0 saturated carbocycles. The van der Waals surface area contributed by atoms with Gasteiger partial charge in [-0.15, -0.1) is 10.2 Å². The Morgan fingerprint density at radius 2 is 1.93 bits per heavy atom. The van der Waals surface area contributed by atoms with E-state index in [-0.39, 0.29) is 21.6 Å². The number of methoxy groups -OCH3 is 1. The van der Waals surface area contributed by atoms with Crippen molar-refractivity contribution in [1.29, 1.82) is 0 Å². The molecule has 0 radical (unpaired) electrons. The number of thioether (sulfide) groups is 1. The van der Waals surface area contributed by atoms with Gasteiger partial charge in [0.1, 0.15) is 5.75 Å². The number of ether oxygens (including phenoxy) is 1. The van der Waals surface area contributed by atoms with Crippen LogP contribution in [-0.4, -0.2) is 42.9 Å². The highest BCUT2D eigenvalue weighted by atomic mass is 32.2. The summed E-state index contributed by atoms with van der Waals surface area (Å²) in [4.78, 5) is 12.3. The zero-order valence-electron chi connectivity index (χ0n) is 15.6. The summed E-state index contributed by atoms with van der Waals surface area (Å²) < 4.78 is 33.6. The maximum atomic E-state index is 12.7. The molecule has 0 bridgehead atoms. The standard InChI is InChI=1S/C16H22N4O4S3/c1-9(2)17-14(21)12-8-11(6-7-13(12)24-5)27(22,23)20-15-18-19-16(26-15)25-10(3)4/h6-10H,1-5H3,(H,17,21)(H,18,20). The van der Waals surface area contributed by atoms with E-state index in [1.807, 2.05) is 27.7 Å². The van der Waals surface area contributed by atoms with Gasteiger partial charge < -0.3 is 10.1 Å². The van der Waals surface area contributed by atoms with Gasteiger partial charge in [0.15, 0.2) is 4.34 Å². The summed E-state index contributed by atoms with van der Waals surface area (Å²) in [6.07, 6.45) is 0. The number of hydrogen-bond acceptors (Lipinski definition) is 8. The number of benzene rings is 1. The minimum atomic E-state index is -3.92. The first-order chi connectivity index (χ1) is 12.6. The quantitative estimate of drug-likeness (QED) is 0.619. The summed E-state index contributed by atoms with van der Waals surface area (Å²) in [5.74, 6) is -0.121. The molecule has 0 fully saturated rings. The van der Waals surface area contributed by atoms with E-state index in [9.17, 15) is 13.2 Å². The van der Waals surface area contributed by atoms with Crippen molar-refractivity contribution in [2.75, 3.05) is 11.8 Å². The molecule has 1 aromatic carbocycles. The van der Waals surface area contributed by atoms with Crippen LogP contribution in [0.25, 0.3) is 0 Å². The van der Waals surface area contributed by atoms with Crippen LogP contribution >= 0.6 is 23.1 Å². The van der Waals surface area contributed by atoms with Crippen LogP contribution in [0.3, 0.4) is 0 Å². The van der Waals surface area contributed by atoms with Crippen molar-refractivity contribution in [1.82, 2.24) is 15.5 Å². The molecule has 2 N–H and O–H groups in total. The molecule has 2 aromatic rings. The third-order valence-electron chi connectivity index (χ3n) is 3.11. The number of aromatic nitrogens is 2. The molecule has 1 aromatic heterocycles. The largest absolute Gasteiger partial charge is 0.496 e. The number of carbonyl (C=O) groups excluding carboxylic acids is 1. The number of nitrogens with zero attached hydrogens (tertiary/aromatic N) is 2. The van der Waals surface area contributed by atoms with Crippen molar-refractivity contribution in [2.24, 2.45) is 0 Å². The lowest BCUT2D eigenvalue weighted by Crippen LogP contribution is -2.30. The highest BCUT2D eigenvalue weighted by Crippen LogP contribution is 2.30. The molecule has 0 atom stereocenters. The van der Waals surface area contributed by atoms with E-state index in [0.29, 0.717) is 15.3 Å². The first-order valence-electron chi connectivity index (χ1n) is 8.14. The fourth-order valence-corrected chi connectivity index (χ4v) is 5.28. The van der Waals surface area contributed by atoms with E-state index in [1.165, 1.54) is 37.1 Å². The van der Waals surface area contributed by atoms with Gasteiger partial charge in [-0.1, -0.05) is 36.9 Å². The SMILES string of the molecule is COc1ccc(S(=O)(=O)Nc2nnc(SC(C)C)s2)cc1C(=O)NC(C)C. The summed E-state index contributed by atoms with van der Waals surface area (Å²) in [5.41, 5.74) is 0.141. The van der Waals surface area contributed by atoms with Gasteiger partial charge in [0.25, 0.3) is 15.9 Å². The second-order valence-electron chi connectivity index (χ2n) is 6.14. The molecule has 0 spiro atoms. The number of carbonyl (C=O) groups is 1. The van der Waals surface area contributed by atoms with Gasteiger partial charge in [0.2, 0.25) is 5.13 Å². The van der Waals surface area contributed by atoms with Gasteiger partial charge in [0.05, 0.1) is 17.6 Å². The Bertz CT molecular complexity index is 910. The first-order valence-corrected chi connectivity index (χ1v) is 11.3. The van der Waals surface area contributed by atoms with E-state index >= 15 is 0 Å². The molecule has 148 valence electrons. The summed E-state index contributed by atoms with van der Waals surface area (Å²) in [5, 5.41) is 11.0. The molecule has 27 heavy (non-hydrogen) atoms. The molecular weight excluding hydrogens is 408 g/mol. The highest BCUT2D eigenvalue weighted by molar-refractivity contribution is 8.01. The van der Waals surface area contributed by atoms with Gasteiger partial charge >= 0.3 is 0 Å². The summed E-state index contributed by atoms with van der Waals surface area (Å²) in [6.45, 7) is 7.65. The van der Waals surface area contributed by atoms with Crippen LogP contribution in [-0.2, 0) is 10.0 Å². The Morgan fingerprint density at radius 3 is 2.52 bits per heavy atom. The Kier molecular flexibility index (Phi) is 7.06. The van der Waals surface area contributed by atoms with Gasteiger partial charge in [-0.3, -0.25) is 9.52 Å². The van der Waals surface area contributed by atoms with Gasteiger partial charge in [0, 0.05) is 11.3 Å². The number of amides is 1. The molecule has 1 heterocycles. The maximum Gasteiger partial charge on any atom is 0.263 e. The third kappa shape index (κ3) is 5.81. The van der Waals surface area contributed by atoms with Crippen LogP contribution < -0.4 is 14.8 Å². The average molecular weight is 431 g/mol. The van der Waals surface area contributed by atoms with E-state index < -0.39 is 15.9 Å². The normalized spacial score (nSPS) is 11.7. The van der Waals surface area contributed by atoms with Crippen LogP contribution in [0, 0.1) is 0 Å². The third-order valence-corrected chi connectivity index (χ3v) is 6.50. The molecule has 0 unspecified atom stereocenters. The van der Waals surface area contributed by atoms with Gasteiger partial charge in [-0.05, 0) is 32.0 Å².